The SMILES string of the molecule is CNC(=O)C(C)Sc1nc2sc3c(c2c(=O)n1-c1ccccc1F)CCCC3. The molecule has 5 nitrogen and oxygen atoms in total. The summed E-state index contributed by atoms with van der Waals surface area (Å²) in [6.45, 7) is 1.74. The van der Waals surface area contributed by atoms with Crippen LogP contribution in [0.25, 0.3) is 15.9 Å². The number of aromatic nitrogens is 2. The summed E-state index contributed by atoms with van der Waals surface area (Å²) < 4.78 is 15.9. The number of hydrogen-bond acceptors (Lipinski definition) is 5. The van der Waals surface area contributed by atoms with E-state index < -0.39 is 11.1 Å². The van der Waals surface area contributed by atoms with Crippen molar-refractivity contribution in [2.75, 3.05) is 7.05 Å². The number of carbonyl (C=O) groups is 1. The summed E-state index contributed by atoms with van der Waals surface area (Å²) in [6, 6.07) is 6.17. The predicted octanol–water partition coefficient (Wildman–Crippen LogP) is 3.69. The van der Waals surface area contributed by atoms with Gasteiger partial charge in [0.15, 0.2) is 5.16 Å². The number of rotatable bonds is 4. The summed E-state index contributed by atoms with van der Waals surface area (Å²) in [7, 11) is 1.56. The number of thiophene rings is 1. The summed E-state index contributed by atoms with van der Waals surface area (Å²) in [5.74, 6) is -0.672. The smallest absolute Gasteiger partial charge is 0.267 e. The second-order valence-electron chi connectivity index (χ2n) is 6.75. The monoisotopic (exact) mass is 417 g/mol. The Bertz CT molecular complexity index is 1120. The Morgan fingerprint density at radius 1 is 1.32 bits per heavy atom. The standard InChI is InChI=1S/C20H20FN3O2S2/c1-11(17(25)22-2)27-20-23-18-16(12-7-3-6-10-15(12)28-18)19(26)24(20)14-9-5-4-8-13(14)21/h4-5,8-9,11H,3,6-7,10H2,1-2H3,(H,22,25). The van der Waals surface area contributed by atoms with E-state index in [2.05, 4.69) is 5.32 Å². The van der Waals surface area contributed by atoms with E-state index in [1.165, 1.54) is 15.5 Å². The Morgan fingerprint density at radius 2 is 2.07 bits per heavy atom. The molecule has 1 aliphatic carbocycles. The van der Waals surface area contributed by atoms with Gasteiger partial charge >= 0.3 is 0 Å². The fourth-order valence-electron chi connectivity index (χ4n) is 3.53. The first-order valence-corrected chi connectivity index (χ1v) is 10.9. The molecule has 0 bridgehead atoms. The molecule has 1 aliphatic rings. The molecule has 1 amide bonds. The Hall–Kier alpha value is -2.19. The summed E-state index contributed by atoms with van der Waals surface area (Å²) in [5.41, 5.74) is 0.954. The normalized spacial score (nSPS) is 14.7. The molecule has 1 atom stereocenters. The number of nitrogens with one attached hydrogen (secondary N) is 1. The van der Waals surface area contributed by atoms with E-state index in [1.807, 2.05) is 0 Å². The van der Waals surface area contributed by atoms with Gasteiger partial charge in [0.05, 0.1) is 16.3 Å². The first kappa shape index (κ1) is 19.1. The molecule has 8 heteroatoms. The average Bonchev–Trinajstić information content (AvgIpc) is 3.07. The molecule has 0 aliphatic heterocycles. The van der Waals surface area contributed by atoms with E-state index in [9.17, 15) is 14.0 Å². The lowest BCUT2D eigenvalue weighted by molar-refractivity contribution is -0.119. The Morgan fingerprint density at radius 3 is 2.82 bits per heavy atom. The van der Waals surface area contributed by atoms with Crippen molar-refractivity contribution in [3.63, 3.8) is 0 Å². The van der Waals surface area contributed by atoms with Crippen LogP contribution in [-0.2, 0) is 17.6 Å². The largest absolute Gasteiger partial charge is 0.358 e. The number of carbonyl (C=O) groups excluding carboxylic acids is 1. The van der Waals surface area contributed by atoms with E-state index >= 15 is 0 Å². The molecule has 146 valence electrons. The van der Waals surface area contributed by atoms with Gasteiger partial charge < -0.3 is 5.32 Å². The fraction of sp³-hybridized carbons (Fsp3) is 0.350. The molecule has 0 fully saturated rings. The van der Waals surface area contributed by atoms with E-state index in [0.717, 1.165) is 43.0 Å². The first-order chi connectivity index (χ1) is 13.5. The summed E-state index contributed by atoms with van der Waals surface area (Å²) in [5, 5.41) is 3.06. The molecule has 1 aromatic carbocycles. The Labute approximate surface area is 170 Å². The van der Waals surface area contributed by atoms with E-state index in [0.29, 0.717) is 15.4 Å². The van der Waals surface area contributed by atoms with Gasteiger partial charge in [-0.3, -0.25) is 14.2 Å². The maximum absolute atomic E-state index is 14.6. The number of nitrogens with zero attached hydrogens (tertiary/aromatic N) is 2. The van der Waals surface area contributed by atoms with Crippen molar-refractivity contribution in [3.8, 4) is 5.69 Å². The van der Waals surface area contributed by atoms with Crippen molar-refractivity contribution in [1.82, 2.24) is 14.9 Å². The van der Waals surface area contributed by atoms with Crippen LogP contribution < -0.4 is 10.9 Å². The molecule has 0 saturated carbocycles. The van der Waals surface area contributed by atoms with Crippen LogP contribution in [0.5, 0.6) is 0 Å². The molecular formula is C20H20FN3O2S2. The first-order valence-electron chi connectivity index (χ1n) is 9.21. The molecular weight excluding hydrogens is 397 g/mol. The second-order valence-corrected chi connectivity index (χ2v) is 9.14. The van der Waals surface area contributed by atoms with Crippen LogP contribution >= 0.6 is 23.1 Å². The molecule has 2 aromatic heterocycles. The van der Waals surface area contributed by atoms with Crippen molar-refractivity contribution in [2.24, 2.45) is 0 Å². The minimum absolute atomic E-state index is 0.157. The molecule has 0 spiro atoms. The van der Waals surface area contributed by atoms with Crippen LogP contribution in [0.3, 0.4) is 0 Å². The molecule has 0 saturated heterocycles. The highest BCUT2D eigenvalue weighted by Crippen LogP contribution is 2.36. The minimum atomic E-state index is -0.496. The zero-order valence-corrected chi connectivity index (χ0v) is 17.3. The fourth-order valence-corrected chi connectivity index (χ4v) is 5.81. The van der Waals surface area contributed by atoms with Crippen LogP contribution in [0.2, 0.25) is 0 Å². The molecule has 4 rings (SSSR count). The van der Waals surface area contributed by atoms with Crippen molar-refractivity contribution in [2.45, 2.75) is 43.0 Å². The number of benzene rings is 1. The predicted molar refractivity (Wildman–Crippen MR) is 111 cm³/mol. The highest BCUT2D eigenvalue weighted by atomic mass is 32.2. The number of aryl methyl sites for hydroxylation is 2. The molecule has 1 unspecified atom stereocenters. The Balaban J connectivity index is 1.98. The maximum atomic E-state index is 14.6. The van der Waals surface area contributed by atoms with Crippen molar-refractivity contribution >= 4 is 39.2 Å². The number of hydrogen-bond donors (Lipinski definition) is 1. The van der Waals surface area contributed by atoms with Crippen molar-refractivity contribution < 1.29 is 9.18 Å². The van der Waals surface area contributed by atoms with Crippen LogP contribution in [0.15, 0.2) is 34.2 Å². The van der Waals surface area contributed by atoms with Crippen LogP contribution in [0.4, 0.5) is 4.39 Å². The third-order valence-electron chi connectivity index (χ3n) is 4.95. The zero-order chi connectivity index (χ0) is 19.8. The number of halogens is 1. The number of thioether (sulfide) groups is 1. The molecule has 28 heavy (non-hydrogen) atoms. The van der Waals surface area contributed by atoms with Gasteiger partial charge in [-0.25, -0.2) is 9.37 Å². The third kappa shape index (κ3) is 3.24. The molecule has 3 aromatic rings. The molecule has 2 heterocycles. The molecule has 0 radical (unpaired) electrons. The summed E-state index contributed by atoms with van der Waals surface area (Å²) in [4.78, 5) is 32.1. The van der Waals surface area contributed by atoms with Gasteiger partial charge in [0.25, 0.3) is 5.56 Å². The summed E-state index contributed by atoms with van der Waals surface area (Å²) >= 11 is 2.71. The average molecular weight is 418 g/mol. The van der Waals surface area contributed by atoms with Gasteiger partial charge in [0.1, 0.15) is 10.6 Å². The lowest BCUT2D eigenvalue weighted by Crippen LogP contribution is -2.29. The van der Waals surface area contributed by atoms with E-state index in [1.54, 1.807) is 43.5 Å². The van der Waals surface area contributed by atoms with E-state index in [4.69, 9.17) is 4.98 Å². The lowest BCUT2D eigenvalue weighted by Gasteiger charge is -2.16. The lowest BCUT2D eigenvalue weighted by atomic mass is 9.97. The topological polar surface area (TPSA) is 64.0 Å². The maximum Gasteiger partial charge on any atom is 0.267 e. The zero-order valence-electron chi connectivity index (χ0n) is 15.6. The quantitative estimate of drug-likeness (QED) is 0.519. The number of fused-ring (bicyclic) bond motifs is 3. The van der Waals surface area contributed by atoms with E-state index in [-0.39, 0.29) is 17.2 Å². The van der Waals surface area contributed by atoms with Crippen molar-refractivity contribution in [1.29, 1.82) is 0 Å². The highest BCUT2D eigenvalue weighted by Gasteiger charge is 2.25. The minimum Gasteiger partial charge on any atom is -0.358 e. The third-order valence-corrected chi connectivity index (χ3v) is 7.19. The Kier molecular flexibility index (Phi) is 5.25. The van der Waals surface area contributed by atoms with Gasteiger partial charge in [-0.2, -0.15) is 0 Å². The van der Waals surface area contributed by atoms with Crippen LogP contribution in [0, 0.1) is 5.82 Å². The molecule has 1 N–H and O–H groups in total. The van der Waals surface area contributed by atoms with Gasteiger partial charge in [0, 0.05) is 11.9 Å². The second kappa shape index (κ2) is 7.67. The van der Waals surface area contributed by atoms with Gasteiger partial charge in [-0.1, -0.05) is 23.9 Å². The summed E-state index contributed by atoms with van der Waals surface area (Å²) in [6.07, 6.45) is 3.95. The highest BCUT2D eigenvalue weighted by molar-refractivity contribution is 8.00. The van der Waals surface area contributed by atoms with Crippen LogP contribution in [-0.4, -0.2) is 27.8 Å². The van der Waals surface area contributed by atoms with Gasteiger partial charge in [-0.05, 0) is 50.3 Å². The van der Waals surface area contributed by atoms with Gasteiger partial charge in [-0.15, -0.1) is 11.3 Å². The van der Waals surface area contributed by atoms with Gasteiger partial charge in [0.2, 0.25) is 5.91 Å². The number of amides is 1. The van der Waals surface area contributed by atoms with Crippen molar-refractivity contribution in [3.05, 3.63) is 50.9 Å². The van der Waals surface area contributed by atoms with Crippen LogP contribution in [0.1, 0.15) is 30.2 Å². The number of para-hydroxylation sites is 1.